The molecule has 0 saturated heterocycles. The Bertz CT molecular complexity index is 1350. The van der Waals surface area contributed by atoms with E-state index in [-0.39, 0.29) is 5.56 Å². The van der Waals surface area contributed by atoms with Crippen molar-refractivity contribution in [3.63, 3.8) is 0 Å². The van der Waals surface area contributed by atoms with Crippen molar-refractivity contribution in [2.24, 2.45) is 0 Å². The van der Waals surface area contributed by atoms with Gasteiger partial charge < -0.3 is 4.98 Å². The number of aryl methyl sites for hydroxylation is 1. The van der Waals surface area contributed by atoms with Crippen LogP contribution in [-0.2, 0) is 0 Å². The number of hydrogen-bond acceptors (Lipinski definition) is 4. The zero-order valence-corrected chi connectivity index (χ0v) is 14.5. The Labute approximate surface area is 154 Å². The van der Waals surface area contributed by atoms with E-state index in [9.17, 15) is 4.79 Å². The lowest BCUT2D eigenvalue weighted by Crippen LogP contribution is -2.10. The molecule has 5 aromatic rings. The van der Waals surface area contributed by atoms with Crippen molar-refractivity contribution in [1.82, 2.24) is 24.6 Å². The van der Waals surface area contributed by atoms with Gasteiger partial charge in [0.05, 0.1) is 10.9 Å². The predicted octanol–water partition coefficient (Wildman–Crippen LogP) is 3.61. The number of fused-ring (bicyclic) bond motifs is 2. The van der Waals surface area contributed by atoms with Crippen molar-refractivity contribution >= 4 is 16.6 Å². The first-order valence-electron chi connectivity index (χ1n) is 8.60. The number of aromatic nitrogens is 5. The van der Waals surface area contributed by atoms with E-state index in [1.165, 1.54) is 0 Å². The molecular weight excluding hydrogens is 338 g/mol. The van der Waals surface area contributed by atoms with E-state index in [0.717, 1.165) is 28.2 Å². The Hall–Kier alpha value is -3.80. The quantitative estimate of drug-likeness (QED) is 0.526. The summed E-state index contributed by atoms with van der Waals surface area (Å²) in [5.41, 5.74) is 4.12. The average molecular weight is 353 g/mol. The molecule has 3 aromatic heterocycles. The van der Waals surface area contributed by atoms with Crippen LogP contribution in [0.1, 0.15) is 5.82 Å². The highest BCUT2D eigenvalue weighted by Gasteiger charge is 2.09. The second-order valence-corrected chi connectivity index (χ2v) is 6.41. The maximum absolute atomic E-state index is 12.7. The molecule has 6 nitrogen and oxygen atoms in total. The number of hydrogen-bond donors (Lipinski definition) is 1. The molecule has 0 saturated carbocycles. The van der Waals surface area contributed by atoms with Gasteiger partial charge in [0.15, 0.2) is 5.65 Å². The summed E-state index contributed by atoms with van der Waals surface area (Å²) in [6.07, 6.45) is 1.88. The first kappa shape index (κ1) is 15.5. The Morgan fingerprint density at radius 2 is 1.70 bits per heavy atom. The van der Waals surface area contributed by atoms with E-state index >= 15 is 0 Å². The largest absolute Gasteiger partial charge is 0.306 e. The lowest BCUT2D eigenvalue weighted by Gasteiger charge is -2.06. The molecule has 5 rings (SSSR count). The molecule has 0 aliphatic carbocycles. The van der Waals surface area contributed by atoms with E-state index in [0.29, 0.717) is 16.7 Å². The number of rotatable bonds is 2. The fourth-order valence-electron chi connectivity index (χ4n) is 3.23. The standard InChI is InChI=1S/C21H15N5O/c1-13-24-25-19-10-8-16(12-26(13)19)20-22-18-9-7-15(11-17(18)21(27)23-20)14-5-3-2-4-6-14/h2-12H,1H3,(H,22,23,27). The van der Waals surface area contributed by atoms with Crippen LogP contribution >= 0.6 is 0 Å². The van der Waals surface area contributed by atoms with Crippen molar-refractivity contribution in [3.8, 4) is 22.5 Å². The van der Waals surface area contributed by atoms with Gasteiger partial charge in [-0.05, 0) is 42.3 Å². The molecule has 0 unspecified atom stereocenters. The molecule has 27 heavy (non-hydrogen) atoms. The highest BCUT2D eigenvalue weighted by atomic mass is 16.1. The summed E-state index contributed by atoms with van der Waals surface area (Å²) in [4.78, 5) is 20.3. The first-order valence-corrected chi connectivity index (χ1v) is 8.60. The number of nitrogens with zero attached hydrogens (tertiary/aromatic N) is 4. The molecule has 0 fully saturated rings. The van der Waals surface area contributed by atoms with Crippen LogP contribution in [0.5, 0.6) is 0 Å². The molecule has 0 radical (unpaired) electrons. The number of pyridine rings is 1. The molecule has 130 valence electrons. The van der Waals surface area contributed by atoms with Crippen LogP contribution in [0.3, 0.4) is 0 Å². The van der Waals surface area contributed by atoms with Gasteiger partial charge in [0.25, 0.3) is 5.56 Å². The summed E-state index contributed by atoms with van der Waals surface area (Å²) in [5.74, 6) is 1.30. The monoisotopic (exact) mass is 353 g/mol. The van der Waals surface area contributed by atoms with E-state index in [1.54, 1.807) is 0 Å². The molecule has 0 amide bonds. The van der Waals surface area contributed by atoms with Crippen molar-refractivity contribution in [2.75, 3.05) is 0 Å². The molecule has 2 aromatic carbocycles. The van der Waals surface area contributed by atoms with Gasteiger partial charge in [-0.25, -0.2) is 4.98 Å². The molecule has 0 atom stereocenters. The van der Waals surface area contributed by atoms with Crippen molar-refractivity contribution < 1.29 is 0 Å². The highest BCUT2D eigenvalue weighted by molar-refractivity contribution is 5.85. The van der Waals surface area contributed by atoms with Crippen molar-refractivity contribution in [2.45, 2.75) is 6.92 Å². The van der Waals surface area contributed by atoms with Crippen molar-refractivity contribution in [3.05, 3.63) is 83.0 Å². The second-order valence-electron chi connectivity index (χ2n) is 6.41. The van der Waals surface area contributed by atoms with Gasteiger partial charge in [-0.2, -0.15) is 0 Å². The minimum absolute atomic E-state index is 0.159. The predicted molar refractivity (Wildman–Crippen MR) is 105 cm³/mol. The SMILES string of the molecule is Cc1nnc2ccc(-c3nc4ccc(-c5ccccc5)cc4c(=O)[nH]3)cn12. The summed E-state index contributed by atoms with van der Waals surface area (Å²) in [7, 11) is 0. The van der Waals surface area contributed by atoms with Crippen LogP contribution in [0.25, 0.3) is 39.1 Å². The maximum atomic E-state index is 12.7. The molecule has 0 bridgehead atoms. The summed E-state index contributed by atoms with van der Waals surface area (Å²) in [6.45, 7) is 1.88. The van der Waals surface area contributed by atoms with Gasteiger partial charge in [0, 0.05) is 11.8 Å². The summed E-state index contributed by atoms with van der Waals surface area (Å²) >= 11 is 0. The van der Waals surface area contributed by atoms with Crippen LogP contribution in [0.2, 0.25) is 0 Å². The van der Waals surface area contributed by atoms with Gasteiger partial charge in [0.2, 0.25) is 0 Å². The Kier molecular flexibility index (Phi) is 3.36. The molecule has 6 heteroatoms. The van der Waals surface area contributed by atoms with E-state index < -0.39 is 0 Å². The zero-order chi connectivity index (χ0) is 18.4. The van der Waals surface area contributed by atoms with Crippen LogP contribution in [0.15, 0.2) is 71.7 Å². The summed E-state index contributed by atoms with van der Waals surface area (Å²) < 4.78 is 1.87. The van der Waals surface area contributed by atoms with Crippen LogP contribution in [0.4, 0.5) is 0 Å². The zero-order valence-electron chi connectivity index (χ0n) is 14.5. The normalized spacial score (nSPS) is 11.3. The van der Waals surface area contributed by atoms with E-state index in [1.807, 2.05) is 78.2 Å². The minimum atomic E-state index is -0.159. The lowest BCUT2D eigenvalue weighted by atomic mass is 10.0. The van der Waals surface area contributed by atoms with Crippen LogP contribution in [0, 0.1) is 6.92 Å². The Morgan fingerprint density at radius 3 is 2.56 bits per heavy atom. The third-order valence-electron chi connectivity index (χ3n) is 4.66. The smallest absolute Gasteiger partial charge is 0.259 e. The molecular formula is C21H15N5O. The van der Waals surface area contributed by atoms with Gasteiger partial charge in [-0.15, -0.1) is 10.2 Å². The summed E-state index contributed by atoms with van der Waals surface area (Å²) in [5, 5.41) is 8.71. The Balaban J connectivity index is 1.66. The first-order chi connectivity index (χ1) is 13.2. The average Bonchev–Trinajstić information content (AvgIpc) is 3.09. The van der Waals surface area contributed by atoms with Gasteiger partial charge in [-0.3, -0.25) is 9.20 Å². The molecule has 0 aliphatic heterocycles. The molecule has 3 heterocycles. The molecule has 0 aliphatic rings. The number of aromatic amines is 1. The topological polar surface area (TPSA) is 75.9 Å². The fraction of sp³-hybridized carbons (Fsp3) is 0.0476. The van der Waals surface area contributed by atoms with E-state index in [2.05, 4.69) is 20.2 Å². The van der Waals surface area contributed by atoms with E-state index in [4.69, 9.17) is 0 Å². The molecule has 1 N–H and O–H groups in total. The maximum Gasteiger partial charge on any atom is 0.259 e. The highest BCUT2D eigenvalue weighted by Crippen LogP contribution is 2.23. The third kappa shape index (κ3) is 2.58. The minimum Gasteiger partial charge on any atom is -0.306 e. The fourth-order valence-corrected chi connectivity index (χ4v) is 3.23. The van der Waals surface area contributed by atoms with Crippen LogP contribution < -0.4 is 5.56 Å². The number of benzene rings is 2. The van der Waals surface area contributed by atoms with Gasteiger partial charge in [0.1, 0.15) is 11.6 Å². The second kappa shape index (κ2) is 5.88. The van der Waals surface area contributed by atoms with Crippen LogP contribution in [-0.4, -0.2) is 24.6 Å². The Morgan fingerprint density at radius 1 is 0.889 bits per heavy atom. The molecule has 0 spiro atoms. The van der Waals surface area contributed by atoms with Crippen molar-refractivity contribution in [1.29, 1.82) is 0 Å². The number of H-pyrrole nitrogens is 1. The van der Waals surface area contributed by atoms with Gasteiger partial charge in [-0.1, -0.05) is 36.4 Å². The number of nitrogens with one attached hydrogen (secondary N) is 1. The lowest BCUT2D eigenvalue weighted by molar-refractivity contribution is 1.01. The van der Waals surface area contributed by atoms with Gasteiger partial charge >= 0.3 is 0 Å². The summed E-state index contributed by atoms with van der Waals surface area (Å²) in [6, 6.07) is 19.5. The third-order valence-corrected chi connectivity index (χ3v) is 4.66.